The molecule has 1 rings (SSSR count). The second-order valence-electron chi connectivity index (χ2n) is 10.7. The third kappa shape index (κ3) is 6.91. The van der Waals surface area contributed by atoms with Crippen molar-refractivity contribution in [2.45, 2.75) is 142 Å². The van der Waals surface area contributed by atoms with Gasteiger partial charge in [0.25, 0.3) is 7.52 Å². The maximum Gasteiger partial charge on any atom is 0.286 e. The fourth-order valence-corrected chi connectivity index (χ4v) is 7.99. The Morgan fingerprint density at radius 3 is 1.86 bits per heavy atom. The summed E-state index contributed by atoms with van der Waals surface area (Å²) in [5.41, 5.74) is -0.810. The van der Waals surface area contributed by atoms with E-state index in [1.54, 1.807) is 0 Å². The van der Waals surface area contributed by atoms with Crippen LogP contribution in [0.4, 0.5) is 0 Å². The second kappa shape index (κ2) is 10.9. The highest BCUT2D eigenvalue weighted by atomic mass is 31.2. The van der Waals surface area contributed by atoms with Crippen LogP contribution < -0.4 is 0 Å². The summed E-state index contributed by atoms with van der Waals surface area (Å²) in [5, 5.41) is -0.936. The van der Waals surface area contributed by atoms with Gasteiger partial charge in [0.2, 0.25) is 0 Å². The summed E-state index contributed by atoms with van der Waals surface area (Å²) in [6.45, 7) is 16.8. The molecule has 0 aromatic heterocycles. The minimum Gasteiger partial charge on any atom is -0.309 e. The van der Waals surface area contributed by atoms with E-state index in [0.717, 1.165) is 12.8 Å². The maximum atomic E-state index is 14.2. The molecule has 0 N–H and O–H groups in total. The van der Waals surface area contributed by atoms with Gasteiger partial charge in [-0.1, -0.05) is 65.2 Å². The molecule has 1 aliphatic rings. The molecular formula is C24H48NO3P. The van der Waals surface area contributed by atoms with Gasteiger partial charge in [0.1, 0.15) is 10.9 Å². The number of unbranched alkanes of at least 4 members (excludes halogenated alkanes) is 8. The van der Waals surface area contributed by atoms with Crippen LogP contribution in [0.1, 0.15) is 126 Å². The van der Waals surface area contributed by atoms with Gasteiger partial charge in [0.05, 0.1) is 5.60 Å². The largest absolute Gasteiger partial charge is 0.309 e. The van der Waals surface area contributed by atoms with Crippen molar-refractivity contribution in [2.24, 2.45) is 0 Å². The highest BCUT2D eigenvalue weighted by molar-refractivity contribution is 7.59. The molecule has 0 saturated carbocycles. The number of ketones is 1. The molecule has 1 fully saturated rings. The number of hydrogen-bond donors (Lipinski definition) is 0. The zero-order valence-electron chi connectivity index (χ0n) is 20.6. The molecule has 1 aliphatic heterocycles. The highest BCUT2D eigenvalue weighted by Crippen LogP contribution is 2.71. The van der Waals surface area contributed by atoms with E-state index < -0.39 is 18.3 Å². The SMILES string of the molecule is CCCCCCCCCCCC(=O)[C@](C)(CC)[P@@]1(=O)OC(C)(C)CN1C(C)(C)C. The summed E-state index contributed by atoms with van der Waals surface area (Å²) in [4.78, 5) is 13.3. The molecule has 0 unspecified atom stereocenters. The monoisotopic (exact) mass is 429 g/mol. The molecule has 0 amide bonds. The molecule has 5 heteroatoms. The quantitative estimate of drug-likeness (QED) is 0.222. The van der Waals surface area contributed by atoms with Crippen molar-refractivity contribution in [3.63, 3.8) is 0 Å². The Labute approximate surface area is 181 Å². The van der Waals surface area contributed by atoms with Crippen molar-refractivity contribution in [3.05, 3.63) is 0 Å². The fourth-order valence-electron chi connectivity index (χ4n) is 4.29. The van der Waals surface area contributed by atoms with Crippen molar-refractivity contribution < 1.29 is 13.9 Å². The van der Waals surface area contributed by atoms with Crippen molar-refractivity contribution in [2.75, 3.05) is 6.54 Å². The fraction of sp³-hybridized carbons (Fsp3) is 0.958. The Morgan fingerprint density at radius 1 is 0.931 bits per heavy atom. The molecule has 0 aromatic rings. The molecule has 0 radical (unpaired) electrons. The van der Waals surface area contributed by atoms with Gasteiger partial charge in [-0.25, -0.2) is 4.67 Å². The van der Waals surface area contributed by atoms with Crippen molar-refractivity contribution >= 4 is 13.3 Å². The average molecular weight is 430 g/mol. The Bertz CT molecular complexity index is 567. The van der Waals surface area contributed by atoms with Crippen LogP contribution in [0, 0.1) is 0 Å². The summed E-state index contributed by atoms with van der Waals surface area (Å²) in [6.07, 6.45) is 12.1. The summed E-state index contributed by atoms with van der Waals surface area (Å²) < 4.78 is 22.4. The zero-order valence-corrected chi connectivity index (χ0v) is 21.5. The number of hydrogen-bond acceptors (Lipinski definition) is 3. The molecule has 0 aromatic carbocycles. The van der Waals surface area contributed by atoms with Crippen LogP contribution in [-0.2, 0) is 13.9 Å². The van der Waals surface area contributed by atoms with Gasteiger partial charge in [-0.05, 0) is 54.4 Å². The van der Waals surface area contributed by atoms with Crippen LogP contribution in [0.2, 0.25) is 0 Å². The first-order valence-electron chi connectivity index (χ1n) is 12.0. The summed E-state index contributed by atoms with van der Waals surface area (Å²) in [5.74, 6) is 0.109. The molecule has 2 atom stereocenters. The predicted molar refractivity (Wildman–Crippen MR) is 125 cm³/mol. The Balaban J connectivity index is 2.68. The second-order valence-corrected chi connectivity index (χ2v) is 13.4. The zero-order chi connectivity index (χ0) is 22.3. The van der Waals surface area contributed by atoms with Gasteiger partial charge in [-0.15, -0.1) is 0 Å². The van der Waals surface area contributed by atoms with E-state index in [9.17, 15) is 9.36 Å². The maximum absolute atomic E-state index is 14.2. The number of rotatable bonds is 13. The average Bonchev–Trinajstić information content (AvgIpc) is 2.90. The van der Waals surface area contributed by atoms with Crippen LogP contribution in [0.25, 0.3) is 0 Å². The van der Waals surface area contributed by atoms with Crippen molar-refractivity contribution in [3.8, 4) is 0 Å². The molecule has 1 heterocycles. The summed E-state index contributed by atoms with van der Waals surface area (Å²) >= 11 is 0. The minimum atomic E-state index is -3.29. The minimum absolute atomic E-state index is 0.109. The lowest BCUT2D eigenvalue weighted by Crippen LogP contribution is -2.45. The molecule has 29 heavy (non-hydrogen) atoms. The smallest absolute Gasteiger partial charge is 0.286 e. The lowest BCUT2D eigenvalue weighted by molar-refractivity contribution is -0.121. The number of carbonyl (C=O) groups excluding carboxylic acids is 1. The lowest BCUT2D eigenvalue weighted by atomic mass is 9.97. The van der Waals surface area contributed by atoms with Crippen molar-refractivity contribution in [1.29, 1.82) is 0 Å². The van der Waals surface area contributed by atoms with Gasteiger partial charge in [0.15, 0.2) is 0 Å². The van der Waals surface area contributed by atoms with Gasteiger partial charge >= 0.3 is 0 Å². The Hall–Kier alpha value is -0.180. The van der Waals surface area contributed by atoms with E-state index in [-0.39, 0.29) is 11.3 Å². The third-order valence-corrected chi connectivity index (χ3v) is 10.3. The van der Waals surface area contributed by atoms with E-state index in [2.05, 4.69) is 27.7 Å². The summed E-state index contributed by atoms with van der Waals surface area (Å²) in [7, 11) is -3.29. The van der Waals surface area contributed by atoms with Gasteiger partial charge in [-0.2, -0.15) is 0 Å². The van der Waals surface area contributed by atoms with E-state index in [1.165, 1.54) is 44.9 Å². The van der Waals surface area contributed by atoms with Crippen LogP contribution in [0.3, 0.4) is 0 Å². The number of nitrogens with zero attached hydrogens (tertiary/aromatic N) is 1. The van der Waals surface area contributed by atoms with E-state index >= 15 is 0 Å². The van der Waals surface area contributed by atoms with Crippen LogP contribution in [0.15, 0.2) is 0 Å². The van der Waals surface area contributed by atoms with Crippen LogP contribution >= 0.6 is 7.52 Å². The van der Waals surface area contributed by atoms with E-state index in [1.807, 2.05) is 32.4 Å². The molecule has 0 spiro atoms. The molecule has 0 bridgehead atoms. The van der Waals surface area contributed by atoms with E-state index in [0.29, 0.717) is 19.4 Å². The van der Waals surface area contributed by atoms with Crippen LogP contribution in [0.5, 0.6) is 0 Å². The number of carbonyl (C=O) groups is 1. The van der Waals surface area contributed by atoms with Gasteiger partial charge in [0, 0.05) is 18.5 Å². The highest BCUT2D eigenvalue weighted by Gasteiger charge is 2.62. The van der Waals surface area contributed by atoms with Crippen LogP contribution in [-0.4, -0.2) is 33.3 Å². The molecule has 0 aliphatic carbocycles. The predicted octanol–water partition coefficient (Wildman–Crippen LogP) is 7.75. The first-order chi connectivity index (χ1) is 13.3. The molecular weight excluding hydrogens is 381 g/mol. The molecule has 1 saturated heterocycles. The lowest BCUT2D eigenvalue weighted by Gasteiger charge is -2.42. The normalized spacial score (nSPS) is 24.6. The Kier molecular flexibility index (Phi) is 10.1. The first kappa shape index (κ1) is 26.9. The Morgan fingerprint density at radius 2 is 1.41 bits per heavy atom. The standard InChI is InChI=1S/C24H48NO3P/c1-9-11-12-13-14-15-16-17-18-19-21(26)24(8,10-2)29(27)25(22(3,4)5)20-23(6,7)28-29/h9-20H2,1-8H3/t24-,29+/m0/s1. The first-order valence-corrected chi connectivity index (χ1v) is 13.5. The number of Topliss-reactive ketones (excluding diaryl/α,β-unsaturated/α-hetero) is 1. The topological polar surface area (TPSA) is 46.6 Å². The third-order valence-electron chi connectivity index (χ3n) is 6.41. The molecule has 4 nitrogen and oxygen atoms in total. The summed E-state index contributed by atoms with van der Waals surface area (Å²) in [6, 6.07) is 0. The van der Waals surface area contributed by atoms with Crippen molar-refractivity contribution in [1.82, 2.24) is 4.67 Å². The molecule has 172 valence electrons. The van der Waals surface area contributed by atoms with Gasteiger partial charge < -0.3 is 4.52 Å². The van der Waals surface area contributed by atoms with Gasteiger partial charge in [-0.3, -0.25) is 9.36 Å². The van der Waals surface area contributed by atoms with E-state index in [4.69, 9.17) is 4.52 Å².